The van der Waals surface area contributed by atoms with E-state index in [1.54, 1.807) is 18.2 Å². The van der Waals surface area contributed by atoms with Gasteiger partial charge in [-0.15, -0.1) is 0 Å². The molecule has 0 saturated heterocycles. The Balaban J connectivity index is 2.32. The maximum Gasteiger partial charge on any atom is 0.255 e. The summed E-state index contributed by atoms with van der Waals surface area (Å²) in [5, 5.41) is 2.69. The number of hydrogen-bond donors (Lipinski definition) is 2. The van der Waals surface area contributed by atoms with Crippen LogP contribution in [0.1, 0.15) is 22.0 Å². The van der Waals surface area contributed by atoms with E-state index < -0.39 is 15.9 Å². The van der Waals surface area contributed by atoms with Crippen LogP contribution in [0.5, 0.6) is 5.75 Å². The van der Waals surface area contributed by atoms with Gasteiger partial charge in [0.2, 0.25) is 0 Å². The molecule has 0 fully saturated rings. The van der Waals surface area contributed by atoms with Gasteiger partial charge >= 0.3 is 0 Å². The number of carbonyl (C=O) groups is 1. The average Bonchev–Trinajstić information content (AvgIpc) is 2.49. The van der Waals surface area contributed by atoms with Crippen molar-refractivity contribution in [2.45, 2.75) is 6.04 Å². The molecule has 1 aromatic rings. The number of benzene rings is 1. The number of fused-ring (bicyclic) bond motifs is 1. The molecule has 6 nitrogen and oxygen atoms in total. The maximum atomic E-state index is 11.8. The fourth-order valence-corrected chi connectivity index (χ4v) is 2.77. The Morgan fingerprint density at radius 2 is 2.21 bits per heavy atom. The van der Waals surface area contributed by atoms with Crippen LogP contribution in [0.4, 0.5) is 0 Å². The minimum absolute atomic E-state index is 0.158. The van der Waals surface area contributed by atoms with Gasteiger partial charge in [-0.1, -0.05) is 6.07 Å². The zero-order chi connectivity index (χ0) is 14.0. The van der Waals surface area contributed by atoms with Gasteiger partial charge in [0.1, 0.15) is 22.2 Å². The molecule has 1 aliphatic heterocycles. The monoisotopic (exact) mass is 284 g/mol. The van der Waals surface area contributed by atoms with E-state index in [9.17, 15) is 13.2 Å². The summed E-state index contributed by atoms with van der Waals surface area (Å²) >= 11 is 0. The fraction of sp³-hybridized carbons (Fsp3) is 0.417. The topological polar surface area (TPSA) is 98.5 Å². The van der Waals surface area contributed by atoms with Crippen molar-refractivity contribution in [2.75, 3.05) is 25.2 Å². The lowest BCUT2D eigenvalue weighted by Crippen LogP contribution is -2.25. The third-order valence-corrected chi connectivity index (χ3v) is 3.77. The van der Waals surface area contributed by atoms with Crippen LogP contribution in [0.2, 0.25) is 0 Å². The molecule has 0 radical (unpaired) electrons. The zero-order valence-corrected chi connectivity index (χ0v) is 11.4. The van der Waals surface area contributed by atoms with E-state index in [4.69, 9.17) is 10.5 Å². The summed E-state index contributed by atoms with van der Waals surface area (Å²) in [6, 6.07) is 4.27. The molecular formula is C12H16N2O4S. The van der Waals surface area contributed by atoms with Crippen molar-refractivity contribution < 1.29 is 17.9 Å². The van der Waals surface area contributed by atoms with Gasteiger partial charge in [-0.2, -0.15) is 0 Å². The van der Waals surface area contributed by atoms with E-state index in [0.29, 0.717) is 30.0 Å². The molecule has 1 aliphatic rings. The molecule has 2 rings (SSSR count). The minimum atomic E-state index is -3.17. The van der Waals surface area contributed by atoms with E-state index >= 15 is 0 Å². The lowest BCUT2D eigenvalue weighted by atomic mass is 10.0. The number of sulfone groups is 1. The van der Waals surface area contributed by atoms with E-state index in [1.165, 1.54) is 0 Å². The van der Waals surface area contributed by atoms with Crippen molar-refractivity contribution >= 4 is 15.7 Å². The summed E-state index contributed by atoms with van der Waals surface area (Å²) < 4.78 is 27.9. The summed E-state index contributed by atoms with van der Waals surface area (Å²) in [5.74, 6) is 0.0973. The van der Waals surface area contributed by atoms with Crippen LogP contribution >= 0.6 is 0 Å². The SMILES string of the molecule is CS(=O)(=O)CC(N)c1ccc2c(c1)C(=O)NCCO2. The lowest BCUT2D eigenvalue weighted by molar-refractivity contribution is 0.0957. The summed E-state index contributed by atoms with van der Waals surface area (Å²) in [6.45, 7) is 0.853. The second-order valence-electron chi connectivity index (χ2n) is 4.56. The predicted octanol–water partition coefficient (Wildman–Crippen LogP) is -0.147. The largest absolute Gasteiger partial charge is 0.491 e. The fourth-order valence-electron chi connectivity index (χ4n) is 1.92. The van der Waals surface area contributed by atoms with Gasteiger partial charge in [0.15, 0.2) is 0 Å². The number of rotatable bonds is 3. The quantitative estimate of drug-likeness (QED) is 0.804. The first-order valence-corrected chi connectivity index (χ1v) is 7.91. The highest BCUT2D eigenvalue weighted by molar-refractivity contribution is 7.90. The van der Waals surface area contributed by atoms with Crippen LogP contribution in [0, 0.1) is 0 Å². The molecule has 0 aliphatic carbocycles. The molecule has 0 bridgehead atoms. The van der Waals surface area contributed by atoms with E-state index in [0.717, 1.165) is 6.26 Å². The molecule has 1 heterocycles. The molecule has 0 aromatic heterocycles. The third kappa shape index (κ3) is 3.45. The zero-order valence-electron chi connectivity index (χ0n) is 10.5. The predicted molar refractivity (Wildman–Crippen MR) is 70.9 cm³/mol. The Bertz CT molecular complexity index is 598. The van der Waals surface area contributed by atoms with Crippen LogP contribution < -0.4 is 15.8 Å². The average molecular weight is 284 g/mol. The molecule has 0 saturated carbocycles. The molecule has 1 aromatic carbocycles. The van der Waals surface area contributed by atoms with Crippen LogP contribution in [-0.2, 0) is 9.84 Å². The van der Waals surface area contributed by atoms with Crippen LogP contribution in [0.25, 0.3) is 0 Å². The van der Waals surface area contributed by atoms with Crippen molar-refractivity contribution in [2.24, 2.45) is 5.73 Å². The Hall–Kier alpha value is -1.60. The van der Waals surface area contributed by atoms with Gasteiger partial charge in [0, 0.05) is 12.3 Å². The second kappa shape index (κ2) is 5.18. The van der Waals surface area contributed by atoms with Gasteiger partial charge in [0.25, 0.3) is 5.91 Å². The van der Waals surface area contributed by atoms with Crippen molar-refractivity contribution in [1.82, 2.24) is 5.32 Å². The Morgan fingerprint density at radius 3 is 2.89 bits per heavy atom. The second-order valence-corrected chi connectivity index (χ2v) is 6.74. The van der Waals surface area contributed by atoms with Gasteiger partial charge in [-0.25, -0.2) is 8.42 Å². The summed E-state index contributed by atoms with van der Waals surface area (Å²) in [4.78, 5) is 11.8. The Labute approximate surface area is 111 Å². The van der Waals surface area contributed by atoms with Crippen LogP contribution in [0.15, 0.2) is 18.2 Å². The number of amides is 1. The first-order chi connectivity index (χ1) is 8.87. The highest BCUT2D eigenvalue weighted by atomic mass is 32.2. The lowest BCUT2D eigenvalue weighted by Gasteiger charge is -2.13. The molecular weight excluding hydrogens is 268 g/mol. The molecule has 1 amide bonds. The van der Waals surface area contributed by atoms with Gasteiger partial charge in [0.05, 0.1) is 17.9 Å². The van der Waals surface area contributed by atoms with Gasteiger partial charge in [-0.3, -0.25) is 4.79 Å². The summed E-state index contributed by atoms with van der Waals surface area (Å²) in [5.41, 5.74) is 6.84. The van der Waals surface area contributed by atoms with Crippen molar-refractivity contribution in [1.29, 1.82) is 0 Å². The molecule has 19 heavy (non-hydrogen) atoms. The first-order valence-electron chi connectivity index (χ1n) is 5.85. The third-order valence-electron chi connectivity index (χ3n) is 2.80. The van der Waals surface area contributed by atoms with Crippen molar-refractivity contribution in [3.05, 3.63) is 29.3 Å². The van der Waals surface area contributed by atoms with Crippen LogP contribution in [-0.4, -0.2) is 39.5 Å². The highest BCUT2D eigenvalue weighted by Gasteiger charge is 2.20. The van der Waals surface area contributed by atoms with Crippen molar-refractivity contribution in [3.63, 3.8) is 0 Å². The van der Waals surface area contributed by atoms with Crippen LogP contribution in [0.3, 0.4) is 0 Å². The molecule has 0 spiro atoms. The van der Waals surface area contributed by atoms with Crippen molar-refractivity contribution in [3.8, 4) is 5.75 Å². The molecule has 7 heteroatoms. The van der Waals surface area contributed by atoms with E-state index in [1.807, 2.05) is 0 Å². The summed E-state index contributed by atoms with van der Waals surface area (Å²) in [6.07, 6.45) is 1.13. The molecule has 1 atom stereocenters. The highest BCUT2D eigenvalue weighted by Crippen LogP contribution is 2.24. The number of nitrogens with one attached hydrogen (secondary N) is 1. The molecule has 1 unspecified atom stereocenters. The van der Waals surface area contributed by atoms with Gasteiger partial charge < -0.3 is 15.8 Å². The normalized spacial score (nSPS) is 16.8. The van der Waals surface area contributed by atoms with E-state index in [2.05, 4.69) is 5.32 Å². The summed E-state index contributed by atoms with van der Waals surface area (Å²) in [7, 11) is -3.17. The number of nitrogens with two attached hydrogens (primary N) is 1. The minimum Gasteiger partial charge on any atom is -0.491 e. The number of ether oxygens (including phenoxy) is 1. The van der Waals surface area contributed by atoms with E-state index in [-0.39, 0.29) is 11.7 Å². The maximum absolute atomic E-state index is 11.8. The number of carbonyl (C=O) groups excluding carboxylic acids is 1. The molecule has 3 N–H and O–H groups in total. The smallest absolute Gasteiger partial charge is 0.255 e. The Kier molecular flexibility index (Phi) is 3.77. The standard InChI is InChI=1S/C12H16N2O4S/c1-19(16,17)7-10(13)8-2-3-11-9(6-8)12(15)14-4-5-18-11/h2-3,6,10H,4-5,7,13H2,1H3,(H,14,15). The number of hydrogen-bond acceptors (Lipinski definition) is 5. The van der Waals surface area contributed by atoms with Gasteiger partial charge in [-0.05, 0) is 17.7 Å². The molecule has 104 valence electrons. The Morgan fingerprint density at radius 1 is 1.47 bits per heavy atom. The first kappa shape index (κ1) is 13.8.